The van der Waals surface area contributed by atoms with E-state index >= 15 is 0 Å². The minimum Gasteiger partial charge on any atom is -0.293 e. The Bertz CT molecular complexity index is 947. The third-order valence-corrected chi connectivity index (χ3v) is 5.99. The van der Waals surface area contributed by atoms with Crippen LogP contribution in [0.5, 0.6) is 0 Å². The van der Waals surface area contributed by atoms with Gasteiger partial charge >= 0.3 is 0 Å². The van der Waals surface area contributed by atoms with Crippen LogP contribution < -0.4 is 15.8 Å². The summed E-state index contributed by atoms with van der Waals surface area (Å²) in [5, 5.41) is 1.11. The van der Waals surface area contributed by atoms with Gasteiger partial charge in [0.2, 0.25) is 5.91 Å². The number of aliphatic imine (C=N–C) groups is 1. The van der Waals surface area contributed by atoms with Crippen molar-refractivity contribution >= 4 is 45.9 Å². The molecule has 2 aliphatic rings. The predicted octanol–water partition coefficient (Wildman–Crippen LogP) is 3.02. The maximum absolute atomic E-state index is 13.2. The summed E-state index contributed by atoms with van der Waals surface area (Å²) in [5.41, 5.74) is 8.39. The minimum atomic E-state index is -0.319. The van der Waals surface area contributed by atoms with Crippen molar-refractivity contribution in [2.75, 3.05) is 17.2 Å². The number of halogens is 1. The molecule has 2 aromatic rings. The van der Waals surface area contributed by atoms with Gasteiger partial charge in [0.25, 0.3) is 0 Å². The maximum Gasteiger partial charge on any atom is 0.241 e. The zero-order valence-electron chi connectivity index (χ0n) is 15.2. The second kappa shape index (κ2) is 8.05. The van der Waals surface area contributed by atoms with Crippen LogP contribution in [-0.2, 0) is 4.79 Å². The fourth-order valence-electron chi connectivity index (χ4n) is 3.25. The van der Waals surface area contributed by atoms with Crippen LogP contribution in [0.25, 0.3) is 0 Å². The highest BCUT2D eigenvalue weighted by Gasteiger charge is 2.42. The SMILES string of the molecule is Cc1ccccc1N1C(=O)C2CNNC2N=C1SCC(=O)c1ccc(Cl)cc1. The molecular formula is C20H19ClN4O2S. The standard InChI is InChI=1S/C20H19ClN4O2S/c1-12-4-2-3-5-16(12)25-19(27)15-10-22-24-18(15)23-20(25)28-11-17(26)13-6-8-14(21)9-7-13/h2-9,15,18,22,24H,10-11H2,1H3. The lowest BCUT2D eigenvalue weighted by molar-refractivity contribution is -0.121. The van der Waals surface area contributed by atoms with Crippen LogP contribution in [0.1, 0.15) is 15.9 Å². The van der Waals surface area contributed by atoms with Gasteiger partial charge < -0.3 is 0 Å². The van der Waals surface area contributed by atoms with E-state index in [4.69, 9.17) is 16.6 Å². The van der Waals surface area contributed by atoms with Gasteiger partial charge in [-0.3, -0.25) is 19.9 Å². The molecule has 0 spiro atoms. The van der Waals surface area contributed by atoms with Crippen LogP contribution in [0.4, 0.5) is 5.69 Å². The molecule has 2 atom stereocenters. The van der Waals surface area contributed by atoms with Gasteiger partial charge in [-0.15, -0.1) is 0 Å². The molecule has 2 heterocycles. The molecule has 0 bridgehead atoms. The molecule has 0 saturated carbocycles. The van der Waals surface area contributed by atoms with Crippen LogP contribution in [0.2, 0.25) is 5.02 Å². The third-order valence-electron chi connectivity index (χ3n) is 4.79. The van der Waals surface area contributed by atoms with Crippen LogP contribution in [-0.4, -0.2) is 35.3 Å². The Morgan fingerprint density at radius 1 is 1.25 bits per heavy atom. The van der Waals surface area contributed by atoms with E-state index in [1.807, 2.05) is 31.2 Å². The number of carbonyl (C=O) groups is 2. The molecule has 0 aromatic heterocycles. The number of para-hydroxylation sites is 1. The average molecular weight is 415 g/mol. The van der Waals surface area contributed by atoms with E-state index in [1.165, 1.54) is 11.8 Å². The smallest absolute Gasteiger partial charge is 0.241 e. The first-order valence-electron chi connectivity index (χ1n) is 8.92. The highest BCUT2D eigenvalue weighted by atomic mass is 35.5. The molecule has 1 saturated heterocycles. The van der Waals surface area contributed by atoms with Gasteiger partial charge in [-0.1, -0.05) is 41.6 Å². The van der Waals surface area contributed by atoms with E-state index in [0.717, 1.165) is 11.3 Å². The number of aryl methyl sites for hydroxylation is 1. The van der Waals surface area contributed by atoms with Crippen LogP contribution in [0.15, 0.2) is 53.5 Å². The highest BCUT2D eigenvalue weighted by molar-refractivity contribution is 8.14. The van der Waals surface area contributed by atoms with Gasteiger partial charge in [0, 0.05) is 17.1 Å². The maximum atomic E-state index is 13.2. The lowest BCUT2D eigenvalue weighted by Crippen LogP contribution is -2.49. The largest absolute Gasteiger partial charge is 0.293 e. The summed E-state index contributed by atoms with van der Waals surface area (Å²) in [6.07, 6.45) is -0.319. The van der Waals surface area contributed by atoms with E-state index in [2.05, 4.69) is 10.9 Å². The number of ketones is 1. The van der Waals surface area contributed by atoms with Crippen LogP contribution >= 0.6 is 23.4 Å². The van der Waals surface area contributed by atoms with E-state index in [0.29, 0.717) is 22.3 Å². The normalized spacial score (nSPS) is 21.4. The second-order valence-corrected chi connectivity index (χ2v) is 8.05. The molecule has 1 amide bonds. The minimum absolute atomic E-state index is 0.0201. The molecule has 6 nitrogen and oxygen atoms in total. The quantitative estimate of drug-likeness (QED) is 0.752. The Hall–Kier alpha value is -2.19. The fraction of sp³-hybridized carbons (Fsp3) is 0.250. The Balaban J connectivity index is 1.60. The van der Waals surface area contributed by atoms with E-state index in [9.17, 15) is 9.59 Å². The number of anilines is 1. The van der Waals surface area contributed by atoms with Crippen molar-refractivity contribution in [2.45, 2.75) is 13.1 Å². The predicted molar refractivity (Wildman–Crippen MR) is 113 cm³/mol. The number of nitrogens with zero attached hydrogens (tertiary/aromatic N) is 2. The number of hydrogen-bond acceptors (Lipinski definition) is 6. The van der Waals surface area contributed by atoms with Crippen molar-refractivity contribution in [3.63, 3.8) is 0 Å². The summed E-state index contributed by atoms with van der Waals surface area (Å²) in [7, 11) is 0. The Labute approximate surface area is 172 Å². The summed E-state index contributed by atoms with van der Waals surface area (Å²) in [6.45, 7) is 2.48. The van der Waals surface area contributed by atoms with E-state index in [-0.39, 0.29) is 29.5 Å². The molecule has 144 valence electrons. The fourth-order valence-corrected chi connectivity index (χ4v) is 4.31. The Kier molecular flexibility index (Phi) is 5.50. The topological polar surface area (TPSA) is 73.8 Å². The van der Waals surface area contributed by atoms with E-state index < -0.39 is 0 Å². The molecule has 0 radical (unpaired) electrons. The highest BCUT2D eigenvalue weighted by Crippen LogP contribution is 2.31. The van der Waals surface area contributed by atoms with E-state index in [1.54, 1.807) is 29.2 Å². The summed E-state index contributed by atoms with van der Waals surface area (Å²) < 4.78 is 0. The molecule has 1 fully saturated rings. The van der Waals surface area contributed by atoms with Crippen LogP contribution in [0.3, 0.4) is 0 Å². The lowest BCUT2D eigenvalue weighted by atomic mass is 10.0. The van der Waals surface area contributed by atoms with Gasteiger partial charge in [0.1, 0.15) is 6.17 Å². The number of amides is 1. The first kappa shape index (κ1) is 19.1. The number of fused-ring (bicyclic) bond motifs is 1. The number of nitrogens with one attached hydrogen (secondary N) is 2. The van der Waals surface area contributed by atoms with Crippen molar-refractivity contribution in [3.8, 4) is 0 Å². The number of carbonyl (C=O) groups excluding carboxylic acids is 2. The monoisotopic (exact) mass is 414 g/mol. The molecular weight excluding hydrogens is 396 g/mol. The number of thioether (sulfide) groups is 1. The first-order valence-corrected chi connectivity index (χ1v) is 10.3. The van der Waals surface area contributed by atoms with Crippen molar-refractivity contribution in [1.29, 1.82) is 0 Å². The number of benzene rings is 2. The first-order chi connectivity index (χ1) is 13.5. The summed E-state index contributed by atoms with van der Waals surface area (Å²) in [5.74, 6) is -0.147. The molecule has 2 N–H and O–H groups in total. The van der Waals surface area contributed by atoms with Crippen molar-refractivity contribution in [2.24, 2.45) is 10.9 Å². The third kappa shape index (κ3) is 3.71. The second-order valence-electron chi connectivity index (χ2n) is 6.67. The van der Waals surface area contributed by atoms with Gasteiger partial charge in [-0.05, 0) is 42.8 Å². The van der Waals surface area contributed by atoms with Gasteiger partial charge in [0.15, 0.2) is 11.0 Å². The molecule has 2 unspecified atom stereocenters. The summed E-state index contributed by atoms with van der Waals surface area (Å²) in [4.78, 5) is 32.1. The summed E-state index contributed by atoms with van der Waals surface area (Å²) in [6, 6.07) is 14.5. The molecule has 2 aliphatic heterocycles. The number of hydrazine groups is 1. The van der Waals surface area contributed by atoms with Crippen LogP contribution in [0, 0.1) is 12.8 Å². The number of hydrogen-bond donors (Lipinski definition) is 2. The average Bonchev–Trinajstić information content (AvgIpc) is 3.17. The zero-order chi connectivity index (χ0) is 19.7. The number of rotatable bonds is 4. The lowest BCUT2D eigenvalue weighted by Gasteiger charge is -2.33. The molecule has 8 heteroatoms. The number of Topliss-reactive ketones (excluding diaryl/α,β-unsaturated/α-hetero) is 1. The molecule has 2 aromatic carbocycles. The molecule has 0 aliphatic carbocycles. The Morgan fingerprint density at radius 2 is 2.00 bits per heavy atom. The molecule has 28 heavy (non-hydrogen) atoms. The number of amidine groups is 1. The Morgan fingerprint density at radius 3 is 2.75 bits per heavy atom. The van der Waals surface area contributed by atoms with Gasteiger partial charge in [0.05, 0.1) is 17.4 Å². The van der Waals surface area contributed by atoms with Crippen molar-refractivity contribution in [1.82, 2.24) is 10.9 Å². The van der Waals surface area contributed by atoms with Gasteiger partial charge in [-0.25, -0.2) is 10.4 Å². The van der Waals surface area contributed by atoms with Crippen molar-refractivity contribution in [3.05, 3.63) is 64.7 Å². The van der Waals surface area contributed by atoms with Crippen molar-refractivity contribution < 1.29 is 9.59 Å². The zero-order valence-corrected chi connectivity index (χ0v) is 16.8. The van der Waals surface area contributed by atoms with Gasteiger partial charge in [-0.2, -0.15) is 0 Å². The molecule has 4 rings (SSSR count). The summed E-state index contributed by atoms with van der Waals surface area (Å²) >= 11 is 7.17.